The summed E-state index contributed by atoms with van der Waals surface area (Å²) in [5, 5.41) is 0. The molecule has 1 saturated carbocycles. The molecule has 2 aliphatic heterocycles. The van der Waals surface area contributed by atoms with E-state index in [9.17, 15) is 0 Å². The van der Waals surface area contributed by atoms with Crippen molar-refractivity contribution in [3.63, 3.8) is 0 Å². The summed E-state index contributed by atoms with van der Waals surface area (Å²) >= 11 is 0. The van der Waals surface area contributed by atoms with E-state index >= 15 is 0 Å². The van der Waals surface area contributed by atoms with Gasteiger partial charge in [0.05, 0.1) is 0 Å². The quantitative estimate of drug-likeness (QED) is 0.693. The lowest BCUT2D eigenvalue weighted by atomic mass is 9.81. The molecule has 3 atom stereocenters. The molecule has 2 saturated heterocycles. The van der Waals surface area contributed by atoms with E-state index in [4.69, 9.17) is 5.73 Å². The van der Waals surface area contributed by atoms with Gasteiger partial charge in [-0.1, -0.05) is 0 Å². The molecule has 4 rings (SSSR count). The normalized spacial score (nSPS) is 34.4. The molecule has 1 aliphatic carbocycles. The Kier molecular flexibility index (Phi) is 1.56. The highest BCUT2D eigenvalue weighted by atomic mass is 15.3. The number of aryl methyl sites for hydroxylation is 1. The molecule has 0 aromatic carbocycles. The Morgan fingerprint density at radius 2 is 2.14 bits per heavy atom. The third-order valence-electron chi connectivity index (χ3n) is 3.39. The lowest BCUT2D eigenvalue weighted by molar-refractivity contribution is 0.311. The number of anilines is 1. The summed E-state index contributed by atoms with van der Waals surface area (Å²) in [6, 6.07) is 0.836. The lowest BCUT2D eigenvalue weighted by Crippen LogP contribution is -2.49. The van der Waals surface area contributed by atoms with Crippen LogP contribution in [0.25, 0.3) is 0 Å². The van der Waals surface area contributed by atoms with Crippen LogP contribution in [0.5, 0.6) is 0 Å². The highest BCUT2D eigenvalue weighted by Crippen LogP contribution is 2.40. The number of nitrogens with zero attached hydrogens (tertiary/aromatic N) is 3. The van der Waals surface area contributed by atoms with Crippen molar-refractivity contribution in [3.8, 4) is 0 Å². The Morgan fingerprint density at radius 1 is 1.43 bits per heavy atom. The maximum absolute atomic E-state index is 5.99. The van der Waals surface area contributed by atoms with Gasteiger partial charge >= 0.3 is 0 Å². The third kappa shape index (κ3) is 0.973. The minimum atomic E-state index is 0.347. The zero-order valence-corrected chi connectivity index (χ0v) is 8.22. The summed E-state index contributed by atoms with van der Waals surface area (Å²) in [5.41, 5.74) is 7.09. The van der Waals surface area contributed by atoms with Gasteiger partial charge in [-0.3, -0.25) is 0 Å². The van der Waals surface area contributed by atoms with E-state index in [0.29, 0.717) is 18.0 Å². The predicted molar refractivity (Wildman–Crippen MR) is 54.0 cm³/mol. The molecule has 0 amide bonds. The van der Waals surface area contributed by atoms with Crippen LogP contribution in [0.15, 0.2) is 12.4 Å². The molecule has 2 N–H and O–H groups in total. The zero-order valence-electron chi connectivity index (χ0n) is 8.22. The van der Waals surface area contributed by atoms with Gasteiger partial charge < -0.3 is 10.6 Å². The summed E-state index contributed by atoms with van der Waals surface area (Å²) in [6.45, 7) is 3.04. The second-order valence-electron chi connectivity index (χ2n) is 4.35. The molecule has 4 heteroatoms. The van der Waals surface area contributed by atoms with Crippen molar-refractivity contribution in [2.24, 2.45) is 11.7 Å². The molecule has 74 valence electrons. The van der Waals surface area contributed by atoms with Gasteiger partial charge in [-0.25, -0.2) is 9.97 Å². The van der Waals surface area contributed by atoms with Crippen LogP contribution in [0.3, 0.4) is 0 Å². The maximum atomic E-state index is 5.99. The highest BCUT2D eigenvalue weighted by Gasteiger charge is 2.50. The summed E-state index contributed by atoms with van der Waals surface area (Å²) in [4.78, 5) is 10.9. The first-order chi connectivity index (χ1) is 6.75. The summed E-state index contributed by atoms with van der Waals surface area (Å²) in [5.74, 6) is 1.51. The molecular formula is C10H14N4. The van der Waals surface area contributed by atoms with Gasteiger partial charge in [-0.15, -0.1) is 0 Å². The molecule has 14 heavy (non-hydrogen) atoms. The first-order valence-electron chi connectivity index (χ1n) is 5.06. The number of fused-ring (bicyclic) bond motifs is 1. The van der Waals surface area contributed by atoms with Gasteiger partial charge in [0, 0.05) is 31.0 Å². The molecule has 1 aromatic rings. The number of aromatic nitrogens is 2. The van der Waals surface area contributed by atoms with Crippen molar-refractivity contribution in [3.05, 3.63) is 18.0 Å². The lowest BCUT2D eigenvalue weighted by Gasteiger charge is -2.33. The first kappa shape index (κ1) is 8.17. The Bertz CT molecular complexity index is 348. The minimum absolute atomic E-state index is 0.347. The van der Waals surface area contributed by atoms with E-state index in [0.717, 1.165) is 18.1 Å². The molecule has 3 aliphatic rings. The van der Waals surface area contributed by atoms with Gasteiger partial charge in [-0.05, 0) is 24.8 Å². The van der Waals surface area contributed by atoms with Crippen molar-refractivity contribution in [1.29, 1.82) is 0 Å². The van der Waals surface area contributed by atoms with E-state index in [-0.39, 0.29) is 0 Å². The van der Waals surface area contributed by atoms with Gasteiger partial charge in [0.1, 0.15) is 0 Å². The van der Waals surface area contributed by atoms with Crippen LogP contribution >= 0.6 is 0 Å². The second kappa shape index (κ2) is 2.67. The van der Waals surface area contributed by atoms with Crippen LogP contribution in [0, 0.1) is 12.8 Å². The van der Waals surface area contributed by atoms with E-state index < -0.39 is 0 Å². The van der Waals surface area contributed by atoms with Crippen LogP contribution < -0.4 is 10.6 Å². The summed E-state index contributed by atoms with van der Waals surface area (Å²) in [6.07, 6.45) is 4.95. The molecule has 1 aromatic heterocycles. The van der Waals surface area contributed by atoms with E-state index in [1.165, 1.54) is 6.42 Å². The van der Waals surface area contributed by atoms with Crippen molar-refractivity contribution < 1.29 is 0 Å². The van der Waals surface area contributed by atoms with Crippen LogP contribution in [-0.2, 0) is 0 Å². The standard InChI is InChI=1S/C10H14N4/c1-6-3-12-10(13-4-6)14-5-7-2-8(14)9(7)11/h3-4,7-9H,2,5,11H2,1H3. The van der Waals surface area contributed by atoms with Crippen molar-refractivity contribution in [2.75, 3.05) is 11.4 Å². The molecule has 4 nitrogen and oxygen atoms in total. The van der Waals surface area contributed by atoms with E-state index in [2.05, 4.69) is 14.9 Å². The average molecular weight is 190 g/mol. The minimum Gasteiger partial charge on any atom is -0.336 e. The second-order valence-corrected chi connectivity index (χ2v) is 4.35. The number of rotatable bonds is 1. The SMILES string of the molecule is Cc1cnc(N2CC3CC2C3N)nc1. The molecule has 3 heterocycles. The van der Waals surface area contributed by atoms with E-state index in [1.54, 1.807) is 0 Å². The largest absolute Gasteiger partial charge is 0.336 e. The summed E-state index contributed by atoms with van der Waals surface area (Å²) in [7, 11) is 0. The third-order valence-corrected chi connectivity index (χ3v) is 3.39. The Labute approximate surface area is 83.1 Å². The van der Waals surface area contributed by atoms with Gasteiger partial charge in [-0.2, -0.15) is 0 Å². The Hall–Kier alpha value is -1.16. The molecular weight excluding hydrogens is 176 g/mol. The topological polar surface area (TPSA) is 55.0 Å². The van der Waals surface area contributed by atoms with Crippen molar-refractivity contribution in [2.45, 2.75) is 25.4 Å². The molecule has 3 unspecified atom stereocenters. The molecule has 2 bridgehead atoms. The molecule has 0 radical (unpaired) electrons. The zero-order chi connectivity index (χ0) is 9.71. The first-order valence-corrected chi connectivity index (χ1v) is 5.06. The predicted octanol–water partition coefficient (Wildman–Crippen LogP) is 0.321. The number of hydrogen-bond donors (Lipinski definition) is 1. The highest BCUT2D eigenvalue weighted by molar-refractivity contribution is 5.39. The van der Waals surface area contributed by atoms with E-state index in [1.807, 2.05) is 19.3 Å². The fourth-order valence-electron chi connectivity index (χ4n) is 2.43. The Morgan fingerprint density at radius 3 is 2.64 bits per heavy atom. The number of nitrogens with two attached hydrogens (primary N) is 1. The maximum Gasteiger partial charge on any atom is 0.225 e. The van der Waals surface area contributed by atoms with Crippen LogP contribution in [-0.4, -0.2) is 28.6 Å². The van der Waals surface area contributed by atoms with Crippen molar-refractivity contribution in [1.82, 2.24) is 9.97 Å². The fraction of sp³-hybridized carbons (Fsp3) is 0.600. The monoisotopic (exact) mass is 190 g/mol. The Balaban J connectivity index is 1.87. The fourth-order valence-corrected chi connectivity index (χ4v) is 2.43. The summed E-state index contributed by atoms with van der Waals surface area (Å²) < 4.78 is 0. The van der Waals surface area contributed by atoms with Crippen LogP contribution in [0.4, 0.5) is 5.95 Å². The van der Waals surface area contributed by atoms with Crippen LogP contribution in [0.1, 0.15) is 12.0 Å². The number of hydrogen-bond acceptors (Lipinski definition) is 4. The van der Waals surface area contributed by atoms with Crippen molar-refractivity contribution >= 4 is 5.95 Å². The van der Waals surface area contributed by atoms with Gasteiger partial charge in [0.15, 0.2) is 0 Å². The molecule has 0 spiro atoms. The molecule has 3 fully saturated rings. The average Bonchev–Trinajstić information content (AvgIpc) is 2.75. The van der Waals surface area contributed by atoms with Crippen LogP contribution in [0.2, 0.25) is 0 Å². The smallest absolute Gasteiger partial charge is 0.225 e. The van der Waals surface area contributed by atoms with Gasteiger partial charge in [0.25, 0.3) is 0 Å². The van der Waals surface area contributed by atoms with Gasteiger partial charge in [0.2, 0.25) is 5.95 Å².